The van der Waals surface area contributed by atoms with Gasteiger partial charge in [-0.25, -0.2) is 4.68 Å². The number of rotatable bonds is 4. The molecule has 1 atom stereocenters. The first kappa shape index (κ1) is 18.4. The van der Waals surface area contributed by atoms with Crippen molar-refractivity contribution >= 4 is 46.9 Å². The molecule has 0 saturated carbocycles. The fourth-order valence-electron chi connectivity index (χ4n) is 3.41. The van der Waals surface area contributed by atoms with Crippen LogP contribution < -0.4 is 4.90 Å². The second-order valence-corrected chi connectivity index (χ2v) is 9.41. The summed E-state index contributed by atoms with van der Waals surface area (Å²) in [5, 5.41) is 4.63. The van der Waals surface area contributed by atoms with Gasteiger partial charge in [-0.3, -0.25) is 4.79 Å². The van der Waals surface area contributed by atoms with Gasteiger partial charge in [0.05, 0.1) is 11.4 Å². The molecular formula is C20H19N3OS3. The Balaban J connectivity index is 1.50. The molecule has 0 unspecified atom stereocenters. The van der Waals surface area contributed by atoms with Gasteiger partial charge in [-0.1, -0.05) is 59.5 Å². The Morgan fingerprint density at radius 3 is 2.70 bits per heavy atom. The van der Waals surface area contributed by atoms with E-state index in [1.165, 1.54) is 28.7 Å². The van der Waals surface area contributed by atoms with E-state index < -0.39 is 0 Å². The first-order chi connectivity index (χ1) is 13.0. The number of anilines is 1. The molecule has 2 aromatic carbocycles. The molecule has 1 aliphatic heterocycles. The Bertz CT molecular complexity index is 1060. The van der Waals surface area contributed by atoms with Crippen molar-refractivity contribution in [2.24, 2.45) is 0 Å². The van der Waals surface area contributed by atoms with Crippen LogP contribution in [0.25, 0.3) is 5.69 Å². The van der Waals surface area contributed by atoms with Gasteiger partial charge in [0.25, 0.3) is 0 Å². The van der Waals surface area contributed by atoms with E-state index in [0.717, 1.165) is 27.7 Å². The van der Waals surface area contributed by atoms with Crippen LogP contribution in [0.15, 0.2) is 52.9 Å². The number of amides is 1. The van der Waals surface area contributed by atoms with Gasteiger partial charge in [-0.2, -0.15) is 0 Å². The van der Waals surface area contributed by atoms with Crippen molar-refractivity contribution < 1.29 is 4.79 Å². The van der Waals surface area contributed by atoms with Crippen LogP contribution in [0.1, 0.15) is 18.1 Å². The molecule has 0 N–H and O–H groups in total. The topological polar surface area (TPSA) is 38.1 Å². The summed E-state index contributed by atoms with van der Waals surface area (Å²) in [5.41, 5.74) is 4.38. The Kier molecular flexibility index (Phi) is 5.16. The van der Waals surface area contributed by atoms with Crippen molar-refractivity contribution in [3.63, 3.8) is 0 Å². The summed E-state index contributed by atoms with van der Waals surface area (Å²) in [6.45, 7) is 4.14. The lowest BCUT2D eigenvalue weighted by atomic mass is 10.1. The van der Waals surface area contributed by atoms with Gasteiger partial charge >= 0.3 is 0 Å². The molecule has 0 spiro atoms. The van der Waals surface area contributed by atoms with Gasteiger partial charge in [0, 0.05) is 11.7 Å². The Hall–Kier alpha value is -1.96. The average molecular weight is 414 g/mol. The molecular weight excluding hydrogens is 394 g/mol. The summed E-state index contributed by atoms with van der Waals surface area (Å²) in [4.78, 5) is 14.8. The van der Waals surface area contributed by atoms with E-state index in [2.05, 4.69) is 18.1 Å². The minimum absolute atomic E-state index is 0.112. The molecule has 0 radical (unpaired) electrons. The summed E-state index contributed by atoms with van der Waals surface area (Å²) < 4.78 is 3.30. The maximum atomic E-state index is 12.9. The summed E-state index contributed by atoms with van der Waals surface area (Å²) in [7, 11) is 0. The number of hydrogen-bond donors (Lipinski definition) is 0. The first-order valence-electron chi connectivity index (χ1n) is 8.73. The SMILES string of the molecule is Cc1ccccc1-n1nc(SCC(=O)N2c3ccccc3C[C@@H]2C)sc1=S. The summed E-state index contributed by atoms with van der Waals surface area (Å²) in [5.74, 6) is 0.468. The maximum absolute atomic E-state index is 12.9. The van der Waals surface area contributed by atoms with Crippen molar-refractivity contribution in [2.75, 3.05) is 10.7 Å². The smallest absolute Gasteiger partial charge is 0.237 e. The lowest BCUT2D eigenvalue weighted by Crippen LogP contribution is -2.36. The van der Waals surface area contributed by atoms with Crippen LogP contribution in [-0.2, 0) is 11.2 Å². The van der Waals surface area contributed by atoms with E-state index in [9.17, 15) is 4.79 Å². The second kappa shape index (κ2) is 7.58. The quantitative estimate of drug-likeness (QED) is 0.444. The molecule has 0 saturated heterocycles. The number of fused-ring (bicyclic) bond motifs is 1. The maximum Gasteiger partial charge on any atom is 0.237 e. The highest BCUT2D eigenvalue weighted by Gasteiger charge is 2.30. The highest BCUT2D eigenvalue weighted by Crippen LogP contribution is 2.33. The van der Waals surface area contributed by atoms with Gasteiger partial charge in [-0.05, 0) is 55.7 Å². The zero-order chi connectivity index (χ0) is 19.0. The number of aromatic nitrogens is 2. The summed E-state index contributed by atoms with van der Waals surface area (Å²) >= 11 is 8.39. The van der Waals surface area contributed by atoms with E-state index in [1.54, 1.807) is 4.68 Å². The van der Waals surface area contributed by atoms with E-state index in [4.69, 9.17) is 12.2 Å². The van der Waals surface area contributed by atoms with Crippen molar-refractivity contribution in [3.8, 4) is 5.69 Å². The van der Waals surface area contributed by atoms with Gasteiger partial charge in [0.1, 0.15) is 0 Å². The van der Waals surface area contributed by atoms with Gasteiger partial charge < -0.3 is 4.90 Å². The molecule has 27 heavy (non-hydrogen) atoms. The molecule has 1 aliphatic rings. The van der Waals surface area contributed by atoms with E-state index in [-0.39, 0.29) is 11.9 Å². The van der Waals surface area contributed by atoms with Crippen LogP contribution in [0.5, 0.6) is 0 Å². The Labute approximate surface area is 171 Å². The van der Waals surface area contributed by atoms with E-state index in [1.807, 2.05) is 54.3 Å². The largest absolute Gasteiger partial charge is 0.308 e. The van der Waals surface area contributed by atoms with Crippen molar-refractivity contribution in [2.45, 2.75) is 30.6 Å². The van der Waals surface area contributed by atoms with Crippen LogP contribution in [0, 0.1) is 10.9 Å². The molecule has 0 fully saturated rings. The van der Waals surface area contributed by atoms with Gasteiger partial charge in [0.2, 0.25) is 5.91 Å². The number of para-hydroxylation sites is 2. The van der Waals surface area contributed by atoms with Crippen LogP contribution in [0.2, 0.25) is 0 Å². The normalized spacial score (nSPS) is 15.8. The number of nitrogens with zero attached hydrogens (tertiary/aromatic N) is 3. The fraction of sp³-hybridized carbons (Fsp3) is 0.250. The number of thioether (sulfide) groups is 1. The highest BCUT2D eigenvalue weighted by molar-refractivity contribution is 8.01. The van der Waals surface area contributed by atoms with Gasteiger partial charge in [-0.15, -0.1) is 5.10 Å². The number of benzene rings is 2. The number of carbonyl (C=O) groups excluding carboxylic acids is 1. The average Bonchev–Trinajstić information content (AvgIpc) is 3.19. The van der Waals surface area contributed by atoms with Crippen LogP contribution >= 0.6 is 35.3 Å². The van der Waals surface area contributed by atoms with Crippen LogP contribution in [0.4, 0.5) is 5.69 Å². The molecule has 138 valence electrons. The third-order valence-electron chi connectivity index (χ3n) is 4.67. The van der Waals surface area contributed by atoms with Crippen molar-refractivity contribution in [1.82, 2.24) is 9.78 Å². The minimum Gasteiger partial charge on any atom is -0.308 e. The lowest BCUT2D eigenvalue weighted by Gasteiger charge is -2.22. The Morgan fingerprint density at radius 1 is 1.22 bits per heavy atom. The highest BCUT2D eigenvalue weighted by atomic mass is 32.2. The molecule has 1 aromatic heterocycles. The standard InChI is InChI=1S/C20H19N3OS3/c1-13-7-3-5-9-16(13)23-20(25)27-19(21-23)26-12-18(24)22-14(2)11-15-8-4-6-10-17(15)22/h3-10,14H,11-12H2,1-2H3/t14-/m0/s1. The summed E-state index contributed by atoms with van der Waals surface area (Å²) in [6.07, 6.45) is 0.910. The molecule has 3 aromatic rings. The fourth-order valence-corrected chi connectivity index (χ4v) is 5.62. The summed E-state index contributed by atoms with van der Waals surface area (Å²) in [6, 6.07) is 16.4. The monoisotopic (exact) mass is 413 g/mol. The molecule has 1 amide bonds. The number of aryl methyl sites for hydroxylation is 1. The predicted octanol–water partition coefficient (Wildman–Crippen LogP) is 5.04. The molecule has 7 heteroatoms. The molecule has 4 nitrogen and oxygen atoms in total. The minimum atomic E-state index is 0.112. The van der Waals surface area contributed by atoms with E-state index in [0.29, 0.717) is 9.71 Å². The third-order valence-corrected chi connectivity index (χ3v) is 7.02. The van der Waals surface area contributed by atoms with E-state index >= 15 is 0 Å². The zero-order valence-electron chi connectivity index (χ0n) is 15.1. The number of carbonyl (C=O) groups is 1. The van der Waals surface area contributed by atoms with Crippen LogP contribution in [-0.4, -0.2) is 27.5 Å². The molecule has 0 aliphatic carbocycles. The lowest BCUT2D eigenvalue weighted by molar-refractivity contribution is -0.116. The first-order valence-corrected chi connectivity index (χ1v) is 10.9. The molecule has 2 heterocycles. The zero-order valence-corrected chi connectivity index (χ0v) is 17.5. The third kappa shape index (κ3) is 3.59. The molecule has 4 rings (SSSR count). The molecule has 0 bridgehead atoms. The number of hydrogen-bond acceptors (Lipinski definition) is 5. The predicted molar refractivity (Wildman–Crippen MR) is 115 cm³/mol. The van der Waals surface area contributed by atoms with Crippen LogP contribution in [0.3, 0.4) is 0 Å². The van der Waals surface area contributed by atoms with Crippen molar-refractivity contribution in [3.05, 3.63) is 63.6 Å². The second-order valence-electron chi connectivity index (χ2n) is 6.57. The Morgan fingerprint density at radius 2 is 1.93 bits per heavy atom. The van der Waals surface area contributed by atoms with Gasteiger partial charge in [0.15, 0.2) is 8.29 Å². The van der Waals surface area contributed by atoms with Crippen molar-refractivity contribution in [1.29, 1.82) is 0 Å².